The number of fused-ring (bicyclic) bond motifs is 1. The van der Waals surface area contributed by atoms with Crippen LogP contribution in [0.4, 0.5) is 0 Å². The number of esters is 2. The molecule has 0 fully saturated rings. The van der Waals surface area contributed by atoms with Crippen LogP contribution in [-0.2, 0) is 19.1 Å². The van der Waals surface area contributed by atoms with Crippen molar-refractivity contribution in [2.45, 2.75) is 26.2 Å². The molecule has 1 aliphatic rings. The van der Waals surface area contributed by atoms with E-state index in [9.17, 15) is 9.59 Å². The van der Waals surface area contributed by atoms with Gasteiger partial charge in [-0.1, -0.05) is 18.2 Å². The minimum Gasteiger partial charge on any atom is -0.497 e. The van der Waals surface area contributed by atoms with E-state index in [0.717, 1.165) is 16.9 Å². The zero-order valence-electron chi connectivity index (χ0n) is 17.3. The molecule has 0 aliphatic carbocycles. The van der Waals surface area contributed by atoms with Crippen LogP contribution in [0.15, 0.2) is 53.9 Å². The molecule has 0 saturated carbocycles. The van der Waals surface area contributed by atoms with Gasteiger partial charge in [0.25, 0.3) is 0 Å². The van der Waals surface area contributed by atoms with Gasteiger partial charge in [0, 0.05) is 11.5 Å². The first-order chi connectivity index (χ1) is 14.5. The molecule has 0 bridgehead atoms. The predicted octanol–water partition coefficient (Wildman–Crippen LogP) is 3.52. The number of rotatable bonds is 7. The Labute approximate surface area is 175 Å². The number of ether oxygens (including phenoxy) is 4. The van der Waals surface area contributed by atoms with Crippen LogP contribution < -0.4 is 15.2 Å². The lowest BCUT2D eigenvalue weighted by Crippen LogP contribution is -2.28. The Balaban J connectivity index is 2.05. The third-order valence-corrected chi connectivity index (χ3v) is 4.81. The highest BCUT2D eigenvalue weighted by atomic mass is 16.5. The van der Waals surface area contributed by atoms with Gasteiger partial charge >= 0.3 is 11.9 Å². The predicted molar refractivity (Wildman–Crippen MR) is 111 cm³/mol. The molecule has 0 amide bonds. The normalized spacial score (nSPS) is 15.1. The Bertz CT molecular complexity index is 964. The summed E-state index contributed by atoms with van der Waals surface area (Å²) in [5.41, 5.74) is 8.69. The topological polar surface area (TPSA) is 97.1 Å². The number of hydrogen-bond donors (Lipinski definition) is 1. The van der Waals surface area contributed by atoms with Gasteiger partial charge in [-0.25, -0.2) is 4.79 Å². The van der Waals surface area contributed by atoms with Gasteiger partial charge in [0.05, 0.1) is 26.7 Å². The van der Waals surface area contributed by atoms with Crippen molar-refractivity contribution in [2.24, 2.45) is 5.73 Å². The van der Waals surface area contributed by atoms with E-state index >= 15 is 0 Å². The summed E-state index contributed by atoms with van der Waals surface area (Å²) in [6.45, 7) is 3.86. The first-order valence-corrected chi connectivity index (χ1v) is 9.77. The summed E-state index contributed by atoms with van der Waals surface area (Å²) in [6.07, 6.45) is -0.0505. The van der Waals surface area contributed by atoms with Crippen LogP contribution in [0, 0.1) is 0 Å². The van der Waals surface area contributed by atoms with Crippen LogP contribution in [0.2, 0.25) is 0 Å². The van der Waals surface area contributed by atoms with E-state index in [1.165, 1.54) is 0 Å². The van der Waals surface area contributed by atoms with Gasteiger partial charge in [-0.05, 0) is 49.2 Å². The minimum atomic E-state index is -0.634. The number of benzene rings is 2. The summed E-state index contributed by atoms with van der Waals surface area (Å²) >= 11 is 0. The van der Waals surface area contributed by atoms with Gasteiger partial charge in [0.2, 0.25) is 5.88 Å². The van der Waals surface area contributed by atoms with Gasteiger partial charge in [-0.15, -0.1) is 0 Å². The molecule has 3 rings (SSSR count). The number of carbonyl (C=O) groups excluding carboxylic acids is 2. The molecule has 2 aromatic carbocycles. The lowest BCUT2D eigenvalue weighted by Gasteiger charge is -2.28. The zero-order chi connectivity index (χ0) is 21.7. The summed E-state index contributed by atoms with van der Waals surface area (Å²) in [7, 11) is 1.61. The smallest absolute Gasteiger partial charge is 0.340 e. The molecule has 2 aromatic rings. The molecular weight excluding hydrogens is 386 g/mol. The maximum absolute atomic E-state index is 12.6. The molecule has 7 heteroatoms. The SMILES string of the molecule is CCOC(=O)CC1C(C(=O)OCC)=C(N)Oc2ccc(-c3ccc(OC)cc3)cc21. The Morgan fingerprint density at radius 1 is 1.00 bits per heavy atom. The van der Waals surface area contributed by atoms with Crippen LogP contribution in [0.1, 0.15) is 31.7 Å². The Kier molecular flexibility index (Phi) is 6.61. The van der Waals surface area contributed by atoms with Gasteiger partial charge in [0.1, 0.15) is 17.1 Å². The van der Waals surface area contributed by atoms with Crippen LogP contribution in [0.25, 0.3) is 11.1 Å². The molecule has 1 heterocycles. The summed E-state index contributed by atoms with van der Waals surface area (Å²) in [5, 5.41) is 0. The lowest BCUT2D eigenvalue weighted by atomic mass is 9.84. The van der Waals surface area contributed by atoms with E-state index in [4.69, 9.17) is 24.7 Å². The first-order valence-electron chi connectivity index (χ1n) is 9.77. The highest BCUT2D eigenvalue weighted by Gasteiger charge is 2.36. The molecule has 0 aromatic heterocycles. The van der Waals surface area contributed by atoms with Crippen LogP contribution in [-0.4, -0.2) is 32.3 Å². The number of nitrogens with two attached hydrogens (primary N) is 1. The second-order valence-corrected chi connectivity index (χ2v) is 6.64. The standard InChI is InChI=1S/C23H25NO6/c1-4-28-20(25)13-18-17-12-15(14-6-9-16(27-3)10-7-14)8-11-19(17)30-22(24)21(18)23(26)29-5-2/h6-12,18H,4-5,13,24H2,1-3H3. The van der Waals surface area contributed by atoms with Gasteiger partial charge in [-0.3, -0.25) is 4.79 Å². The van der Waals surface area contributed by atoms with Crippen molar-refractivity contribution in [3.8, 4) is 22.6 Å². The van der Waals surface area contributed by atoms with E-state index < -0.39 is 17.9 Å². The first kappa shape index (κ1) is 21.2. The maximum Gasteiger partial charge on any atom is 0.340 e. The molecule has 1 atom stereocenters. The molecule has 0 saturated heterocycles. The Morgan fingerprint density at radius 2 is 1.67 bits per heavy atom. The Morgan fingerprint density at radius 3 is 2.30 bits per heavy atom. The summed E-state index contributed by atoms with van der Waals surface area (Å²) < 4.78 is 21.2. The van der Waals surface area contributed by atoms with E-state index in [0.29, 0.717) is 11.3 Å². The molecule has 0 spiro atoms. The summed E-state index contributed by atoms with van der Waals surface area (Å²) in [4.78, 5) is 24.9. The van der Waals surface area contributed by atoms with Crippen LogP contribution in [0.3, 0.4) is 0 Å². The van der Waals surface area contributed by atoms with Crippen LogP contribution in [0.5, 0.6) is 11.5 Å². The highest BCUT2D eigenvalue weighted by Crippen LogP contribution is 2.42. The zero-order valence-corrected chi connectivity index (χ0v) is 17.3. The second kappa shape index (κ2) is 9.35. The second-order valence-electron chi connectivity index (χ2n) is 6.64. The molecule has 1 aliphatic heterocycles. The van der Waals surface area contributed by atoms with E-state index in [1.807, 2.05) is 36.4 Å². The average molecular weight is 411 g/mol. The largest absolute Gasteiger partial charge is 0.497 e. The molecule has 1 unspecified atom stereocenters. The quantitative estimate of drug-likeness (QED) is 0.696. The number of methoxy groups -OCH3 is 1. The van der Waals surface area contributed by atoms with Gasteiger partial charge in [0.15, 0.2) is 0 Å². The monoisotopic (exact) mass is 411 g/mol. The maximum atomic E-state index is 12.6. The minimum absolute atomic E-state index is 0.0505. The molecule has 7 nitrogen and oxygen atoms in total. The lowest BCUT2D eigenvalue weighted by molar-refractivity contribution is -0.143. The fourth-order valence-corrected chi connectivity index (χ4v) is 3.43. The number of carbonyl (C=O) groups is 2. The Hall–Kier alpha value is -3.48. The molecular formula is C23H25NO6. The summed E-state index contributed by atoms with van der Waals surface area (Å²) in [6, 6.07) is 13.2. The number of hydrogen-bond acceptors (Lipinski definition) is 7. The third kappa shape index (κ3) is 4.40. The van der Waals surface area contributed by atoms with Crippen molar-refractivity contribution in [2.75, 3.05) is 20.3 Å². The fraction of sp³-hybridized carbons (Fsp3) is 0.304. The van der Waals surface area contributed by atoms with Crippen molar-refractivity contribution >= 4 is 11.9 Å². The van der Waals surface area contributed by atoms with E-state index in [-0.39, 0.29) is 31.1 Å². The van der Waals surface area contributed by atoms with Crippen molar-refractivity contribution < 1.29 is 28.5 Å². The molecule has 0 radical (unpaired) electrons. The third-order valence-electron chi connectivity index (χ3n) is 4.81. The highest BCUT2D eigenvalue weighted by molar-refractivity contribution is 5.93. The van der Waals surface area contributed by atoms with Crippen molar-refractivity contribution in [3.05, 3.63) is 59.5 Å². The fourth-order valence-electron chi connectivity index (χ4n) is 3.43. The van der Waals surface area contributed by atoms with Gasteiger partial charge in [-0.2, -0.15) is 0 Å². The average Bonchev–Trinajstić information content (AvgIpc) is 2.74. The van der Waals surface area contributed by atoms with E-state index in [2.05, 4.69) is 0 Å². The molecule has 158 valence electrons. The van der Waals surface area contributed by atoms with Crippen molar-refractivity contribution in [1.82, 2.24) is 0 Å². The van der Waals surface area contributed by atoms with Crippen molar-refractivity contribution in [3.63, 3.8) is 0 Å². The summed E-state index contributed by atoms with van der Waals surface area (Å²) in [5.74, 6) is -0.491. The van der Waals surface area contributed by atoms with Crippen LogP contribution >= 0.6 is 0 Å². The molecule has 30 heavy (non-hydrogen) atoms. The van der Waals surface area contributed by atoms with E-state index in [1.54, 1.807) is 27.0 Å². The molecule has 2 N–H and O–H groups in total. The van der Waals surface area contributed by atoms with Gasteiger partial charge < -0.3 is 24.7 Å². The van der Waals surface area contributed by atoms with Crippen molar-refractivity contribution in [1.29, 1.82) is 0 Å².